The van der Waals surface area contributed by atoms with Gasteiger partial charge in [-0.3, -0.25) is 4.98 Å². The summed E-state index contributed by atoms with van der Waals surface area (Å²) >= 11 is 0. The summed E-state index contributed by atoms with van der Waals surface area (Å²) in [5, 5.41) is 4.05. The average molecular weight is 226 g/mol. The summed E-state index contributed by atoms with van der Waals surface area (Å²) in [4.78, 5) is 9.18. The molecule has 0 saturated carbocycles. The number of oxime groups is 1. The van der Waals surface area contributed by atoms with Gasteiger partial charge in [-0.25, -0.2) is 0 Å². The van der Waals surface area contributed by atoms with Crippen molar-refractivity contribution in [3.63, 3.8) is 0 Å². The lowest BCUT2D eigenvalue weighted by Gasteiger charge is -2.05. The highest BCUT2D eigenvalue weighted by atomic mass is 16.6. The lowest BCUT2D eigenvalue weighted by Crippen LogP contribution is -2.06. The van der Waals surface area contributed by atoms with E-state index in [0.29, 0.717) is 0 Å². The van der Waals surface area contributed by atoms with Crippen LogP contribution >= 0.6 is 0 Å². The van der Waals surface area contributed by atoms with Gasteiger partial charge in [-0.2, -0.15) is 0 Å². The molecule has 86 valence electrons. The zero-order valence-electron chi connectivity index (χ0n) is 9.92. The number of hydrogen-bond donors (Lipinski definition) is 0. The van der Waals surface area contributed by atoms with Gasteiger partial charge in [0.15, 0.2) is 0 Å². The highest BCUT2D eigenvalue weighted by molar-refractivity contribution is 6.11. The standard InChI is InChI=1S/C14H14N2O/c1-11-6-8-12(9-7-11)14(16-17-2)13-5-3-4-10-15-13/h3-10H,1-2H3/b16-14+. The predicted octanol–water partition coefficient (Wildman–Crippen LogP) is 2.79. The number of aryl methyl sites for hydroxylation is 1. The Morgan fingerprint density at radius 2 is 1.88 bits per heavy atom. The van der Waals surface area contributed by atoms with Gasteiger partial charge in [0, 0.05) is 11.8 Å². The third-order valence-corrected chi connectivity index (χ3v) is 2.42. The van der Waals surface area contributed by atoms with Crippen LogP contribution in [0.3, 0.4) is 0 Å². The highest BCUT2D eigenvalue weighted by Gasteiger charge is 2.08. The Balaban J connectivity index is 2.44. The zero-order valence-corrected chi connectivity index (χ0v) is 9.92. The highest BCUT2D eigenvalue weighted by Crippen LogP contribution is 2.10. The first-order chi connectivity index (χ1) is 8.31. The van der Waals surface area contributed by atoms with Crippen LogP contribution in [0, 0.1) is 6.92 Å². The number of pyridine rings is 1. The van der Waals surface area contributed by atoms with Crippen molar-refractivity contribution in [2.75, 3.05) is 7.11 Å². The second-order valence-electron chi connectivity index (χ2n) is 3.70. The van der Waals surface area contributed by atoms with Crippen molar-refractivity contribution >= 4 is 5.71 Å². The predicted molar refractivity (Wildman–Crippen MR) is 68.1 cm³/mol. The van der Waals surface area contributed by atoms with Gasteiger partial charge in [-0.1, -0.05) is 41.1 Å². The molecule has 0 fully saturated rings. The fraction of sp³-hybridized carbons (Fsp3) is 0.143. The molecule has 0 radical (unpaired) electrons. The smallest absolute Gasteiger partial charge is 0.135 e. The Labute approximate surface area is 101 Å². The molecule has 3 heteroatoms. The van der Waals surface area contributed by atoms with Gasteiger partial charge in [-0.15, -0.1) is 0 Å². The fourth-order valence-corrected chi connectivity index (χ4v) is 1.55. The first kappa shape index (κ1) is 11.3. The Kier molecular flexibility index (Phi) is 3.50. The maximum absolute atomic E-state index is 4.89. The van der Waals surface area contributed by atoms with E-state index in [2.05, 4.69) is 17.1 Å². The van der Waals surface area contributed by atoms with E-state index in [0.717, 1.165) is 17.0 Å². The number of aromatic nitrogens is 1. The van der Waals surface area contributed by atoms with Gasteiger partial charge in [0.25, 0.3) is 0 Å². The topological polar surface area (TPSA) is 34.5 Å². The SMILES string of the molecule is CO/N=C(\c1ccc(C)cc1)c1ccccn1. The van der Waals surface area contributed by atoms with Gasteiger partial charge < -0.3 is 4.84 Å². The molecule has 0 atom stereocenters. The van der Waals surface area contributed by atoms with E-state index in [4.69, 9.17) is 4.84 Å². The second-order valence-corrected chi connectivity index (χ2v) is 3.70. The van der Waals surface area contributed by atoms with Crippen molar-refractivity contribution in [3.8, 4) is 0 Å². The maximum atomic E-state index is 4.89. The van der Waals surface area contributed by atoms with Crippen LogP contribution in [-0.2, 0) is 4.84 Å². The van der Waals surface area contributed by atoms with Gasteiger partial charge in [0.05, 0.1) is 5.69 Å². The van der Waals surface area contributed by atoms with E-state index >= 15 is 0 Å². The number of hydrogen-bond acceptors (Lipinski definition) is 3. The summed E-state index contributed by atoms with van der Waals surface area (Å²) in [6.45, 7) is 2.05. The van der Waals surface area contributed by atoms with Crippen LogP contribution in [-0.4, -0.2) is 17.8 Å². The Hall–Kier alpha value is -2.16. The van der Waals surface area contributed by atoms with Crippen molar-refractivity contribution in [3.05, 3.63) is 65.5 Å². The molecule has 3 nitrogen and oxygen atoms in total. The number of rotatable bonds is 3. The second kappa shape index (κ2) is 5.25. The van der Waals surface area contributed by atoms with Crippen LogP contribution in [0.25, 0.3) is 0 Å². The molecule has 0 amide bonds. The molecule has 0 aliphatic rings. The summed E-state index contributed by atoms with van der Waals surface area (Å²) in [6, 6.07) is 13.8. The van der Waals surface area contributed by atoms with Gasteiger partial charge in [0.1, 0.15) is 12.8 Å². The van der Waals surface area contributed by atoms with E-state index in [-0.39, 0.29) is 0 Å². The molecule has 0 bridgehead atoms. The molecule has 0 N–H and O–H groups in total. The van der Waals surface area contributed by atoms with Crippen molar-refractivity contribution in [1.82, 2.24) is 4.98 Å². The summed E-state index contributed by atoms with van der Waals surface area (Å²) in [5.41, 5.74) is 3.76. The van der Waals surface area contributed by atoms with Crippen LogP contribution in [0.5, 0.6) is 0 Å². The third kappa shape index (κ3) is 2.69. The molecule has 17 heavy (non-hydrogen) atoms. The van der Waals surface area contributed by atoms with Crippen LogP contribution in [0.2, 0.25) is 0 Å². The van der Waals surface area contributed by atoms with Crippen molar-refractivity contribution < 1.29 is 4.84 Å². The molecule has 0 saturated heterocycles. The molecule has 1 aromatic carbocycles. The minimum Gasteiger partial charge on any atom is -0.399 e. The first-order valence-electron chi connectivity index (χ1n) is 5.41. The summed E-state index contributed by atoms with van der Waals surface area (Å²) in [5.74, 6) is 0. The molecule has 0 unspecified atom stereocenters. The number of nitrogens with zero attached hydrogens (tertiary/aromatic N) is 2. The Bertz CT molecular complexity index is 504. The quantitative estimate of drug-likeness (QED) is 0.595. The molecular formula is C14H14N2O. The van der Waals surface area contributed by atoms with Crippen LogP contribution in [0.15, 0.2) is 53.8 Å². The van der Waals surface area contributed by atoms with Crippen LogP contribution < -0.4 is 0 Å². The minimum absolute atomic E-state index is 0.744. The molecule has 1 heterocycles. The van der Waals surface area contributed by atoms with E-state index < -0.39 is 0 Å². The summed E-state index contributed by atoms with van der Waals surface area (Å²) < 4.78 is 0. The lowest BCUT2D eigenvalue weighted by molar-refractivity contribution is 0.214. The summed E-state index contributed by atoms with van der Waals surface area (Å²) in [7, 11) is 1.54. The summed E-state index contributed by atoms with van der Waals surface area (Å²) in [6.07, 6.45) is 1.74. The van der Waals surface area contributed by atoms with E-state index in [1.54, 1.807) is 6.20 Å². The molecule has 0 aliphatic heterocycles. The molecule has 2 aromatic rings. The maximum Gasteiger partial charge on any atom is 0.135 e. The monoisotopic (exact) mass is 226 g/mol. The van der Waals surface area contributed by atoms with Gasteiger partial charge in [0.2, 0.25) is 0 Å². The molecule has 1 aromatic heterocycles. The van der Waals surface area contributed by atoms with Crippen LogP contribution in [0.4, 0.5) is 0 Å². The zero-order chi connectivity index (χ0) is 12.1. The third-order valence-electron chi connectivity index (χ3n) is 2.42. The van der Waals surface area contributed by atoms with Crippen molar-refractivity contribution in [2.45, 2.75) is 6.92 Å². The molecular weight excluding hydrogens is 212 g/mol. The first-order valence-corrected chi connectivity index (χ1v) is 5.41. The average Bonchev–Trinajstić information content (AvgIpc) is 2.38. The van der Waals surface area contributed by atoms with Crippen molar-refractivity contribution in [1.29, 1.82) is 0 Å². The van der Waals surface area contributed by atoms with Crippen LogP contribution in [0.1, 0.15) is 16.8 Å². The minimum atomic E-state index is 0.744. The lowest BCUT2D eigenvalue weighted by atomic mass is 10.1. The number of benzene rings is 1. The van der Waals surface area contributed by atoms with Crippen molar-refractivity contribution in [2.24, 2.45) is 5.16 Å². The fourth-order valence-electron chi connectivity index (χ4n) is 1.55. The van der Waals surface area contributed by atoms with Gasteiger partial charge >= 0.3 is 0 Å². The largest absolute Gasteiger partial charge is 0.399 e. The molecule has 0 aliphatic carbocycles. The normalized spacial score (nSPS) is 11.3. The Morgan fingerprint density at radius 3 is 2.47 bits per heavy atom. The van der Waals surface area contributed by atoms with E-state index in [1.807, 2.05) is 42.5 Å². The Morgan fingerprint density at radius 1 is 1.12 bits per heavy atom. The van der Waals surface area contributed by atoms with E-state index in [1.165, 1.54) is 12.7 Å². The molecule has 0 spiro atoms. The van der Waals surface area contributed by atoms with Gasteiger partial charge in [-0.05, 0) is 19.1 Å². The van der Waals surface area contributed by atoms with E-state index in [9.17, 15) is 0 Å². The molecule has 2 rings (SSSR count).